The van der Waals surface area contributed by atoms with Crippen molar-refractivity contribution >= 4 is 35.1 Å². The van der Waals surface area contributed by atoms with E-state index >= 15 is 0 Å². The van der Waals surface area contributed by atoms with Crippen molar-refractivity contribution in [2.24, 2.45) is 0 Å². The fraction of sp³-hybridized carbons (Fsp3) is 0.0870. The Balaban J connectivity index is 1.40. The Morgan fingerprint density at radius 3 is 2.25 bits per heavy atom. The molecule has 1 aromatic heterocycles. The van der Waals surface area contributed by atoms with Gasteiger partial charge in [0.15, 0.2) is 0 Å². The Labute approximate surface area is 183 Å². The largest absolute Gasteiger partial charge is 0.337 e. The molecule has 0 saturated carbocycles. The summed E-state index contributed by atoms with van der Waals surface area (Å²) in [6.45, 7) is 0.168. The van der Waals surface area contributed by atoms with E-state index in [-0.39, 0.29) is 18.4 Å². The number of carbonyl (C=O) groups excluding carboxylic acids is 4. The van der Waals surface area contributed by atoms with Gasteiger partial charge in [0.25, 0.3) is 11.8 Å². The molecule has 1 aliphatic rings. The van der Waals surface area contributed by atoms with E-state index in [0.29, 0.717) is 28.2 Å². The molecule has 1 aliphatic heterocycles. The number of urea groups is 1. The van der Waals surface area contributed by atoms with Crippen LogP contribution in [-0.2, 0) is 4.79 Å². The van der Waals surface area contributed by atoms with E-state index in [9.17, 15) is 19.2 Å². The number of benzene rings is 2. The molecule has 4 rings (SSSR count). The normalized spacial score (nSPS) is 15.3. The van der Waals surface area contributed by atoms with E-state index < -0.39 is 17.9 Å². The zero-order valence-corrected chi connectivity index (χ0v) is 16.8. The first-order chi connectivity index (χ1) is 15.5. The number of anilines is 2. The average Bonchev–Trinajstić information content (AvgIpc) is 2.81. The highest BCUT2D eigenvalue weighted by Crippen LogP contribution is 2.20. The molecule has 0 bridgehead atoms. The van der Waals surface area contributed by atoms with Crippen LogP contribution in [0.3, 0.4) is 0 Å². The van der Waals surface area contributed by atoms with Gasteiger partial charge in [-0.05, 0) is 54.1 Å². The van der Waals surface area contributed by atoms with Gasteiger partial charge in [0.1, 0.15) is 5.69 Å². The Kier molecular flexibility index (Phi) is 5.89. The number of amides is 5. The van der Waals surface area contributed by atoms with Gasteiger partial charge in [-0.3, -0.25) is 24.7 Å². The van der Waals surface area contributed by atoms with Crippen LogP contribution in [0.25, 0.3) is 0 Å². The summed E-state index contributed by atoms with van der Waals surface area (Å²) in [4.78, 5) is 52.2. The van der Waals surface area contributed by atoms with Gasteiger partial charge in [-0.1, -0.05) is 18.2 Å². The molecule has 1 saturated heterocycles. The minimum atomic E-state index is -0.567. The Morgan fingerprint density at radius 1 is 0.875 bits per heavy atom. The van der Waals surface area contributed by atoms with E-state index in [4.69, 9.17) is 0 Å². The van der Waals surface area contributed by atoms with Crippen molar-refractivity contribution in [2.75, 3.05) is 17.2 Å². The van der Waals surface area contributed by atoms with Gasteiger partial charge in [-0.15, -0.1) is 0 Å². The lowest BCUT2D eigenvalue weighted by atomic mass is 9.95. The van der Waals surface area contributed by atoms with Gasteiger partial charge in [-0.25, -0.2) is 4.79 Å². The van der Waals surface area contributed by atoms with Crippen LogP contribution in [0, 0.1) is 0 Å². The molecule has 0 spiro atoms. The number of imide groups is 1. The van der Waals surface area contributed by atoms with E-state index in [0.717, 1.165) is 0 Å². The number of nitrogens with zero attached hydrogens (tertiary/aromatic N) is 1. The minimum absolute atomic E-state index is 0.168. The lowest BCUT2D eigenvalue weighted by molar-refractivity contribution is -0.122. The highest BCUT2D eigenvalue weighted by Gasteiger charge is 2.27. The van der Waals surface area contributed by atoms with Crippen molar-refractivity contribution in [3.63, 3.8) is 0 Å². The maximum Gasteiger partial charge on any atom is 0.321 e. The molecule has 3 aromatic rings. The van der Waals surface area contributed by atoms with Crippen molar-refractivity contribution in [2.45, 2.75) is 5.92 Å². The molecule has 1 atom stereocenters. The highest BCUT2D eigenvalue weighted by atomic mass is 16.2. The molecule has 0 aliphatic carbocycles. The first-order valence-corrected chi connectivity index (χ1v) is 9.82. The van der Waals surface area contributed by atoms with Gasteiger partial charge in [0.2, 0.25) is 5.91 Å². The highest BCUT2D eigenvalue weighted by molar-refractivity contribution is 6.06. The molecule has 9 nitrogen and oxygen atoms in total. The van der Waals surface area contributed by atoms with Crippen LogP contribution in [0.2, 0.25) is 0 Å². The molecule has 2 heterocycles. The summed E-state index contributed by atoms with van der Waals surface area (Å²) >= 11 is 0. The van der Waals surface area contributed by atoms with Crippen molar-refractivity contribution in [3.8, 4) is 0 Å². The monoisotopic (exact) mass is 429 g/mol. The molecule has 5 amide bonds. The lowest BCUT2D eigenvalue weighted by Crippen LogP contribution is -2.50. The zero-order valence-electron chi connectivity index (χ0n) is 16.8. The molecule has 32 heavy (non-hydrogen) atoms. The van der Waals surface area contributed by atoms with Crippen molar-refractivity contribution in [1.29, 1.82) is 0 Å². The predicted molar refractivity (Wildman–Crippen MR) is 117 cm³/mol. The number of carbonyl (C=O) groups is 4. The van der Waals surface area contributed by atoms with Gasteiger partial charge < -0.3 is 16.0 Å². The maximum absolute atomic E-state index is 12.7. The maximum atomic E-state index is 12.7. The summed E-state index contributed by atoms with van der Waals surface area (Å²) in [6, 6.07) is 17.9. The number of rotatable bonds is 5. The third-order valence-corrected chi connectivity index (χ3v) is 4.87. The van der Waals surface area contributed by atoms with Crippen molar-refractivity contribution in [3.05, 3.63) is 89.7 Å². The second-order valence-electron chi connectivity index (χ2n) is 7.08. The first-order valence-electron chi connectivity index (χ1n) is 9.82. The number of aromatic nitrogens is 1. The summed E-state index contributed by atoms with van der Waals surface area (Å²) in [5.74, 6) is -1.66. The number of pyridine rings is 1. The SMILES string of the molecule is O=C1NCC(c2cccc(C(=O)Nc3ccc(NC(=O)c4ccccn4)cc3)c2)C(=O)N1. The molecule has 160 valence electrons. The average molecular weight is 429 g/mol. The molecule has 4 N–H and O–H groups in total. The quantitative estimate of drug-likeness (QED) is 0.495. The molecular formula is C23H19N5O4. The number of nitrogens with one attached hydrogen (secondary N) is 4. The summed E-state index contributed by atoms with van der Waals surface area (Å²) in [6.07, 6.45) is 1.54. The van der Waals surface area contributed by atoms with Crippen LogP contribution in [0.4, 0.5) is 16.2 Å². The third-order valence-electron chi connectivity index (χ3n) is 4.87. The van der Waals surface area contributed by atoms with E-state index in [2.05, 4.69) is 26.3 Å². The predicted octanol–water partition coefficient (Wildman–Crippen LogP) is 2.51. The Hall–Kier alpha value is -4.53. The zero-order chi connectivity index (χ0) is 22.5. The first kappa shape index (κ1) is 20.7. The van der Waals surface area contributed by atoms with Gasteiger partial charge in [0, 0.05) is 29.7 Å². The topological polar surface area (TPSA) is 129 Å². The summed E-state index contributed by atoms with van der Waals surface area (Å²) in [5.41, 5.74) is 2.41. The number of hydrogen-bond acceptors (Lipinski definition) is 5. The van der Waals surface area contributed by atoms with Crippen LogP contribution in [0.5, 0.6) is 0 Å². The molecule has 1 unspecified atom stereocenters. The molecule has 0 radical (unpaired) electrons. The van der Waals surface area contributed by atoms with Gasteiger partial charge >= 0.3 is 6.03 Å². The second kappa shape index (κ2) is 9.09. The molecule has 1 fully saturated rings. The molecule has 2 aromatic carbocycles. The van der Waals surface area contributed by atoms with E-state index in [1.807, 2.05) is 0 Å². The smallest absolute Gasteiger partial charge is 0.321 e. The van der Waals surface area contributed by atoms with Crippen LogP contribution in [0.1, 0.15) is 32.3 Å². The van der Waals surface area contributed by atoms with Crippen molar-refractivity contribution < 1.29 is 19.2 Å². The summed E-state index contributed by atoms with van der Waals surface area (Å²) in [5, 5.41) is 10.3. The van der Waals surface area contributed by atoms with Crippen LogP contribution in [0.15, 0.2) is 72.9 Å². The van der Waals surface area contributed by atoms with Crippen LogP contribution < -0.4 is 21.3 Å². The van der Waals surface area contributed by atoms with E-state index in [1.165, 1.54) is 0 Å². The third kappa shape index (κ3) is 4.78. The minimum Gasteiger partial charge on any atom is -0.337 e. The molecular weight excluding hydrogens is 410 g/mol. The standard InChI is InChI=1S/C23H19N5O4/c29-20(15-5-3-4-14(12-15)18-13-25-23(32)28-21(18)30)26-16-7-9-17(10-8-16)27-22(31)19-6-1-2-11-24-19/h1-12,18H,13H2,(H,26,29)(H,27,31)(H2,25,28,30,32). The summed E-state index contributed by atoms with van der Waals surface area (Å²) < 4.78 is 0. The van der Waals surface area contributed by atoms with E-state index in [1.54, 1.807) is 72.9 Å². The number of hydrogen-bond donors (Lipinski definition) is 4. The fourth-order valence-electron chi connectivity index (χ4n) is 3.23. The fourth-order valence-corrected chi connectivity index (χ4v) is 3.23. The Morgan fingerprint density at radius 2 is 1.59 bits per heavy atom. The Bertz CT molecular complexity index is 1180. The lowest BCUT2D eigenvalue weighted by Gasteiger charge is -2.22. The second-order valence-corrected chi connectivity index (χ2v) is 7.08. The van der Waals surface area contributed by atoms with Gasteiger partial charge in [-0.2, -0.15) is 0 Å². The van der Waals surface area contributed by atoms with Gasteiger partial charge in [0.05, 0.1) is 5.92 Å². The van der Waals surface area contributed by atoms with Crippen molar-refractivity contribution in [1.82, 2.24) is 15.6 Å². The summed E-state index contributed by atoms with van der Waals surface area (Å²) in [7, 11) is 0. The van der Waals surface area contributed by atoms with Crippen LogP contribution in [-0.4, -0.2) is 35.3 Å². The van der Waals surface area contributed by atoms with Crippen LogP contribution >= 0.6 is 0 Å². The molecule has 9 heteroatoms.